The van der Waals surface area contributed by atoms with Crippen LogP contribution in [-0.4, -0.2) is 36.4 Å². The van der Waals surface area contributed by atoms with Gasteiger partial charge < -0.3 is 14.6 Å². The van der Waals surface area contributed by atoms with E-state index in [1.54, 1.807) is 0 Å². The van der Waals surface area contributed by atoms with Gasteiger partial charge in [-0.15, -0.1) is 0 Å². The van der Waals surface area contributed by atoms with Gasteiger partial charge in [0.2, 0.25) is 0 Å². The van der Waals surface area contributed by atoms with Crippen molar-refractivity contribution in [1.29, 1.82) is 0 Å². The van der Waals surface area contributed by atoms with Gasteiger partial charge in [-0.1, -0.05) is 322 Å². The predicted octanol–water partition coefficient (Wildman–Crippen LogP) is 23.8. The third-order valence-corrected chi connectivity index (χ3v) is 14.7. The number of rotatable bonds is 62. The Bertz CT molecular complexity index is 1590. The highest BCUT2D eigenvalue weighted by atomic mass is 16.6. The summed E-state index contributed by atoms with van der Waals surface area (Å²) < 4.78 is 10.7. The monoisotopic (exact) mass is 1110 g/mol. The third kappa shape index (κ3) is 66.8. The van der Waals surface area contributed by atoms with Crippen molar-refractivity contribution in [2.24, 2.45) is 0 Å². The molecule has 458 valence electrons. The topological polar surface area (TPSA) is 72.8 Å². The van der Waals surface area contributed by atoms with Crippen molar-refractivity contribution in [3.8, 4) is 0 Å². The Labute approximate surface area is 496 Å². The third-order valence-electron chi connectivity index (χ3n) is 14.7. The zero-order valence-corrected chi connectivity index (χ0v) is 52.6. The van der Waals surface area contributed by atoms with Crippen molar-refractivity contribution in [3.05, 3.63) is 122 Å². The molecule has 1 unspecified atom stereocenters. The summed E-state index contributed by atoms with van der Waals surface area (Å²) in [5.74, 6) is -0.638. The van der Waals surface area contributed by atoms with Crippen molar-refractivity contribution >= 4 is 11.9 Å². The standard InChI is InChI=1S/C75H128O5/c1-3-5-7-9-11-13-15-17-19-21-23-25-27-29-31-32-33-34-35-36-37-38-39-40-41-42-44-45-47-49-51-53-55-57-59-61-63-65-67-69-74(77)79-72-73(71-76)80-75(78)70-68-66-64-62-60-58-56-54-52-50-48-46-43-30-28-26-24-22-20-18-16-14-12-10-8-6-4-2/h6,8,12,14-15,17-18,20-21,23-24,26,30,43,48,50,54,56,60,62,73,76H,3-5,7,9-11,13,16,19,22,25,27-29,31-42,44-47,49,51-53,55,57-59,61,63-72H2,1-2H3/b8-6-,14-12-,17-15-,20-18-,23-21-,26-24-,43-30-,50-48-,56-54-,62-60-. The molecule has 0 aliphatic rings. The molecule has 80 heavy (non-hydrogen) atoms. The summed E-state index contributed by atoms with van der Waals surface area (Å²) in [4.78, 5) is 24.6. The maximum Gasteiger partial charge on any atom is 0.306 e. The fraction of sp³-hybridized carbons (Fsp3) is 0.707. The van der Waals surface area contributed by atoms with Crippen molar-refractivity contribution in [2.75, 3.05) is 13.2 Å². The maximum atomic E-state index is 12.3. The summed E-state index contributed by atoms with van der Waals surface area (Å²) in [6.45, 7) is 4.00. The first-order valence-electron chi connectivity index (χ1n) is 34.1. The Kier molecular flexibility index (Phi) is 66.4. The van der Waals surface area contributed by atoms with Gasteiger partial charge in [0, 0.05) is 12.8 Å². The summed E-state index contributed by atoms with van der Waals surface area (Å²) in [5, 5.41) is 9.68. The highest BCUT2D eigenvalue weighted by Crippen LogP contribution is 2.17. The number of hydrogen-bond acceptors (Lipinski definition) is 5. The van der Waals surface area contributed by atoms with Crippen LogP contribution in [0.3, 0.4) is 0 Å². The van der Waals surface area contributed by atoms with Gasteiger partial charge in [-0.05, 0) is 109 Å². The van der Waals surface area contributed by atoms with Gasteiger partial charge in [-0.3, -0.25) is 9.59 Å². The molecule has 0 saturated heterocycles. The van der Waals surface area contributed by atoms with E-state index in [-0.39, 0.29) is 25.2 Å². The number of allylic oxidation sites excluding steroid dienone is 20. The normalized spacial score (nSPS) is 13.0. The Morgan fingerprint density at radius 2 is 0.537 bits per heavy atom. The van der Waals surface area contributed by atoms with E-state index >= 15 is 0 Å². The van der Waals surface area contributed by atoms with Crippen LogP contribution >= 0.6 is 0 Å². The average Bonchev–Trinajstić information content (AvgIpc) is 3.46. The van der Waals surface area contributed by atoms with E-state index in [1.807, 2.05) is 0 Å². The highest BCUT2D eigenvalue weighted by Gasteiger charge is 2.16. The second-order valence-electron chi connectivity index (χ2n) is 22.5. The van der Waals surface area contributed by atoms with E-state index in [0.717, 1.165) is 96.3 Å². The Morgan fingerprint density at radius 3 is 0.838 bits per heavy atom. The quantitative estimate of drug-likeness (QED) is 0.0373. The summed E-state index contributed by atoms with van der Waals surface area (Å²) in [6.07, 6.45) is 102. The molecule has 0 aromatic carbocycles. The molecule has 1 N–H and O–H groups in total. The van der Waals surface area contributed by atoms with Gasteiger partial charge >= 0.3 is 11.9 Å². The molecule has 5 nitrogen and oxygen atoms in total. The maximum absolute atomic E-state index is 12.3. The molecule has 1 atom stereocenters. The largest absolute Gasteiger partial charge is 0.462 e. The zero-order chi connectivity index (χ0) is 57.6. The molecule has 5 heteroatoms. The SMILES string of the molecule is CC/C=C\C/C=C\C/C=C\C/C=C\C/C=C\C/C=C\C/C=C\C/C=C\CCCCC(=O)OC(CO)COC(=O)CCCCCCCCCCCCCCCCCCCCCCCCCCCCC/C=C\C/C=C\CCCCCCC. The minimum absolute atomic E-state index is 0.0878. The van der Waals surface area contributed by atoms with Crippen LogP contribution in [0.2, 0.25) is 0 Å². The molecule has 0 aliphatic heterocycles. The second kappa shape index (κ2) is 69.6. The van der Waals surface area contributed by atoms with E-state index in [1.165, 1.54) is 199 Å². The molecule has 0 radical (unpaired) electrons. The molecule has 0 heterocycles. The molecule has 0 bridgehead atoms. The zero-order valence-electron chi connectivity index (χ0n) is 52.6. The number of carbonyl (C=O) groups excluding carboxylic acids is 2. The average molecular weight is 1110 g/mol. The van der Waals surface area contributed by atoms with Gasteiger partial charge in [0.1, 0.15) is 6.61 Å². The second-order valence-corrected chi connectivity index (χ2v) is 22.5. The summed E-state index contributed by atoms with van der Waals surface area (Å²) in [7, 11) is 0. The molecule has 0 rings (SSSR count). The number of hydrogen-bond donors (Lipinski definition) is 1. The lowest BCUT2D eigenvalue weighted by Crippen LogP contribution is -2.28. The van der Waals surface area contributed by atoms with E-state index in [9.17, 15) is 14.7 Å². The first kappa shape index (κ1) is 76.3. The van der Waals surface area contributed by atoms with E-state index in [0.29, 0.717) is 12.8 Å². The molecule has 0 aromatic rings. The molecule has 0 aliphatic carbocycles. The Balaban J connectivity index is 3.49. The smallest absolute Gasteiger partial charge is 0.306 e. The van der Waals surface area contributed by atoms with Gasteiger partial charge in [0.15, 0.2) is 6.10 Å². The highest BCUT2D eigenvalue weighted by molar-refractivity contribution is 5.70. The van der Waals surface area contributed by atoms with Crippen LogP contribution in [0.4, 0.5) is 0 Å². The molecule has 0 amide bonds. The fourth-order valence-electron chi connectivity index (χ4n) is 9.66. The molecular weight excluding hydrogens is 981 g/mol. The molecule has 0 spiro atoms. The number of aliphatic hydroxyl groups excluding tert-OH is 1. The Hall–Kier alpha value is -3.70. The Morgan fingerprint density at radius 1 is 0.300 bits per heavy atom. The number of unbranched alkanes of at least 4 members (excludes halogenated alkanes) is 34. The summed E-state index contributed by atoms with van der Waals surface area (Å²) in [5.41, 5.74) is 0. The number of ether oxygens (including phenoxy) is 2. The predicted molar refractivity (Wildman–Crippen MR) is 352 cm³/mol. The van der Waals surface area contributed by atoms with Gasteiger partial charge in [-0.25, -0.2) is 0 Å². The van der Waals surface area contributed by atoms with Crippen LogP contribution in [0.15, 0.2) is 122 Å². The van der Waals surface area contributed by atoms with Crippen LogP contribution in [0.5, 0.6) is 0 Å². The molecular formula is C75H128O5. The van der Waals surface area contributed by atoms with Crippen molar-refractivity contribution in [3.63, 3.8) is 0 Å². The van der Waals surface area contributed by atoms with Crippen molar-refractivity contribution in [2.45, 2.75) is 328 Å². The minimum Gasteiger partial charge on any atom is -0.462 e. The van der Waals surface area contributed by atoms with E-state index in [4.69, 9.17) is 9.47 Å². The van der Waals surface area contributed by atoms with Crippen molar-refractivity contribution < 1.29 is 24.2 Å². The van der Waals surface area contributed by atoms with Crippen LogP contribution in [0.25, 0.3) is 0 Å². The van der Waals surface area contributed by atoms with Gasteiger partial charge in [0.05, 0.1) is 6.61 Å². The van der Waals surface area contributed by atoms with E-state index < -0.39 is 6.10 Å². The summed E-state index contributed by atoms with van der Waals surface area (Å²) >= 11 is 0. The molecule has 0 saturated carbocycles. The lowest BCUT2D eigenvalue weighted by atomic mass is 10.0. The molecule has 0 fully saturated rings. The first-order chi connectivity index (χ1) is 39.6. The van der Waals surface area contributed by atoms with Crippen LogP contribution in [-0.2, 0) is 19.1 Å². The number of aliphatic hydroxyl groups is 1. The molecule has 0 aromatic heterocycles. The summed E-state index contributed by atoms with van der Waals surface area (Å²) in [6, 6.07) is 0. The van der Waals surface area contributed by atoms with Crippen LogP contribution in [0, 0.1) is 0 Å². The number of carbonyl (C=O) groups is 2. The lowest BCUT2D eigenvalue weighted by molar-refractivity contribution is -0.161. The minimum atomic E-state index is -0.804. The first-order valence-corrected chi connectivity index (χ1v) is 34.1. The van der Waals surface area contributed by atoms with Gasteiger partial charge in [0.25, 0.3) is 0 Å². The van der Waals surface area contributed by atoms with Crippen LogP contribution < -0.4 is 0 Å². The fourth-order valence-corrected chi connectivity index (χ4v) is 9.66. The van der Waals surface area contributed by atoms with E-state index in [2.05, 4.69) is 135 Å². The van der Waals surface area contributed by atoms with Crippen molar-refractivity contribution in [1.82, 2.24) is 0 Å². The lowest BCUT2D eigenvalue weighted by Gasteiger charge is -2.15. The van der Waals surface area contributed by atoms with Gasteiger partial charge in [-0.2, -0.15) is 0 Å². The van der Waals surface area contributed by atoms with Crippen LogP contribution in [0.1, 0.15) is 322 Å². The number of esters is 2.